The van der Waals surface area contributed by atoms with E-state index >= 15 is 0 Å². The van der Waals surface area contributed by atoms with E-state index in [1.165, 1.54) is 24.7 Å². The van der Waals surface area contributed by atoms with Gasteiger partial charge in [-0.15, -0.1) is 0 Å². The van der Waals surface area contributed by atoms with Gasteiger partial charge in [0.1, 0.15) is 18.1 Å². The molecule has 4 rings (SSSR count). The number of nitrogens with zero attached hydrogens (tertiary/aromatic N) is 4. The smallest absolute Gasteiger partial charge is 0.274 e. The third kappa shape index (κ3) is 2.91. The lowest BCUT2D eigenvalue weighted by molar-refractivity contribution is 0.0727. The summed E-state index contributed by atoms with van der Waals surface area (Å²) in [6, 6.07) is 6.30. The van der Waals surface area contributed by atoms with Crippen LogP contribution in [0.1, 0.15) is 28.9 Å². The Morgan fingerprint density at radius 2 is 2.00 bits per heavy atom. The van der Waals surface area contributed by atoms with Crippen molar-refractivity contribution < 1.29 is 9.53 Å². The fraction of sp³-hybridized carbons (Fsp3) is 0.389. The van der Waals surface area contributed by atoms with Gasteiger partial charge < -0.3 is 14.5 Å². The molecule has 0 spiro atoms. The molecule has 0 unspecified atom stereocenters. The third-order valence-electron chi connectivity index (χ3n) is 4.56. The largest absolute Gasteiger partial charge is 0.491 e. The highest BCUT2D eigenvalue weighted by molar-refractivity contribution is 5.92. The van der Waals surface area contributed by atoms with Gasteiger partial charge in [-0.05, 0) is 31.0 Å². The summed E-state index contributed by atoms with van der Waals surface area (Å²) in [6.45, 7) is 3.77. The molecule has 2 aliphatic rings. The van der Waals surface area contributed by atoms with Crippen molar-refractivity contribution in [3.8, 4) is 5.75 Å². The van der Waals surface area contributed by atoms with Gasteiger partial charge in [-0.3, -0.25) is 9.78 Å². The summed E-state index contributed by atoms with van der Waals surface area (Å²) in [4.78, 5) is 24.9. The molecule has 0 radical (unpaired) electrons. The Kier molecular flexibility index (Phi) is 4.02. The van der Waals surface area contributed by atoms with Crippen molar-refractivity contribution in [3.05, 3.63) is 48.0 Å². The zero-order valence-corrected chi connectivity index (χ0v) is 13.5. The molecular formula is C18H20N4O2. The van der Waals surface area contributed by atoms with Gasteiger partial charge in [0.15, 0.2) is 0 Å². The summed E-state index contributed by atoms with van der Waals surface area (Å²) in [5, 5.41) is 0. The third-order valence-corrected chi connectivity index (χ3v) is 4.56. The summed E-state index contributed by atoms with van der Waals surface area (Å²) in [6.07, 6.45) is 7.10. The van der Waals surface area contributed by atoms with Gasteiger partial charge in [0.2, 0.25) is 0 Å². The van der Waals surface area contributed by atoms with Crippen molar-refractivity contribution in [1.82, 2.24) is 14.9 Å². The fourth-order valence-electron chi connectivity index (χ4n) is 3.30. The van der Waals surface area contributed by atoms with Crippen LogP contribution in [0.4, 0.5) is 5.69 Å². The van der Waals surface area contributed by atoms with Crippen LogP contribution in [0.5, 0.6) is 5.75 Å². The maximum Gasteiger partial charge on any atom is 0.274 e. The van der Waals surface area contributed by atoms with Gasteiger partial charge in [0.25, 0.3) is 5.91 Å². The number of hydrogen-bond acceptors (Lipinski definition) is 5. The standard InChI is InChI=1S/C18H20N4O2/c23-18(16-12-19-5-6-20-16)22-9-10-24-17-4-3-15(11-14(17)13-22)21-7-1-2-8-21/h3-6,11-12H,1-2,7-10,13H2. The van der Waals surface area contributed by atoms with Crippen LogP contribution in [0.3, 0.4) is 0 Å². The minimum Gasteiger partial charge on any atom is -0.491 e. The minimum atomic E-state index is -0.105. The van der Waals surface area contributed by atoms with Crippen molar-refractivity contribution in [2.75, 3.05) is 31.1 Å². The number of amides is 1. The molecule has 3 heterocycles. The second-order valence-electron chi connectivity index (χ2n) is 6.15. The lowest BCUT2D eigenvalue weighted by Crippen LogP contribution is -2.33. The fourth-order valence-corrected chi connectivity index (χ4v) is 3.30. The summed E-state index contributed by atoms with van der Waals surface area (Å²) >= 11 is 0. The molecule has 0 atom stereocenters. The number of carbonyl (C=O) groups excluding carboxylic acids is 1. The summed E-state index contributed by atoms with van der Waals surface area (Å²) in [5.74, 6) is 0.763. The SMILES string of the molecule is O=C(c1cnccn1)N1CCOc2ccc(N3CCCC3)cc2C1. The molecule has 6 heteroatoms. The molecule has 124 valence electrons. The van der Waals surface area contributed by atoms with Crippen LogP contribution in [0, 0.1) is 0 Å². The lowest BCUT2D eigenvalue weighted by Gasteiger charge is -2.21. The van der Waals surface area contributed by atoms with Crippen LogP contribution >= 0.6 is 0 Å². The Labute approximate surface area is 141 Å². The van der Waals surface area contributed by atoms with E-state index in [2.05, 4.69) is 27.0 Å². The highest BCUT2D eigenvalue weighted by atomic mass is 16.5. The molecule has 0 bridgehead atoms. The number of ether oxygens (including phenoxy) is 1. The number of hydrogen-bond donors (Lipinski definition) is 0. The second kappa shape index (κ2) is 6.47. The maximum absolute atomic E-state index is 12.7. The number of benzene rings is 1. The molecule has 1 fully saturated rings. The first-order chi connectivity index (χ1) is 11.8. The van der Waals surface area contributed by atoms with Crippen LogP contribution < -0.4 is 9.64 Å². The number of rotatable bonds is 2. The molecule has 1 aromatic carbocycles. The minimum absolute atomic E-state index is 0.105. The zero-order valence-electron chi connectivity index (χ0n) is 13.5. The van der Waals surface area contributed by atoms with Crippen LogP contribution in [0.2, 0.25) is 0 Å². The van der Waals surface area contributed by atoms with Crippen LogP contribution in [0.25, 0.3) is 0 Å². The van der Waals surface area contributed by atoms with Crippen molar-refractivity contribution in [1.29, 1.82) is 0 Å². The molecule has 0 aliphatic carbocycles. The van der Waals surface area contributed by atoms with Gasteiger partial charge >= 0.3 is 0 Å². The van der Waals surface area contributed by atoms with Crippen molar-refractivity contribution in [2.45, 2.75) is 19.4 Å². The molecule has 2 aliphatic heterocycles. The maximum atomic E-state index is 12.7. The predicted octanol–water partition coefficient (Wildman–Crippen LogP) is 2.11. The molecule has 1 amide bonds. The van der Waals surface area contributed by atoms with Gasteiger partial charge in [0, 0.05) is 43.3 Å². The van der Waals surface area contributed by atoms with Crippen LogP contribution in [-0.4, -0.2) is 47.0 Å². The Balaban J connectivity index is 1.59. The molecule has 2 aromatic rings. The summed E-state index contributed by atoms with van der Waals surface area (Å²) < 4.78 is 5.83. The van der Waals surface area contributed by atoms with Gasteiger partial charge in [-0.1, -0.05) is 0 Å². The number of aromatic nitrogens is 2. The molecule has 0 saturated carbocycles. The lowest BCUT2D eigenvalue weighted by atomic mass is 10.1. The summed E-state index contributed by atoms with van der Waals surface area (Å²) in [5.41, 5.74) is 2.63. The summed E-state index contributed by atoms with van der Waals surface area (Å²) in [7, 11) is 0. The van der Waals surface area contributed by atoms with Crippen molar-refractivity contribution in [2.24, 2.45) is 0 Å². The van der Waals surface area contributed by atoms with E-state index in [1.54, 1.807) is 17.3 Å². The first kappa shape index (κ1) is 14.9. The average molecular weight is 324 g/mol. The number of fused-ring (bicyclic) bond motifs is 1. The Bertz CT molecular complexity index is 729. The molecular weight excluding hydrogens is 304 g/mol. The number of carbonyl (C=O) groups is 1. The molecule has 1 aromatic heterocycles. The van der Waals surface area contributed by atoms with Gasteiger partial charge in [-0.2, -0.15) is 0 Å². The van der Waals surface area contributed by atoms with E-state index in [0.717, 1.165) is 24.4 Å². The topological polar surface area (TPSA) is 58.6 Å². The second-order valence-corrected chi connectivity index (χ2v) is 6.15. The zero-order chi connectivity index (χ0) is 16.4. The number of anilines is 1. The first-order valence-electron chi connectivity index (χ1n) is 8.37. The van der Waals surface area contributed by atoms with Crippen LogP contribution in [-0.2, 0) is 6.54 Å². The van der Waals surface area contributed by atoms with E-state index in [-0.39, 0.29) is 5.91 Å². The van der Waals surface area contributed by atoms with E-state index in [0.29, 0.717) is 25.4 Å². The van der Waals surface area contributed by atoms with E-state index in [1.807, 2.05) is 6.07 Å². The van der Waals surface area contributed by atoms with Crippen LogP contribution in [0.15, 0.2) is 36.8 Å². The van der Waals surface area contributed by atoms with Gasteiger partial charge in [0.05, 0.1) is 12.7 Å². The molecule has 0 N–H and O–H groups in total. The predicted molar refractivity (Wildman–Crippen MR) is 90.2 cm³/mol. The van der Waals surface area contributed by atoms with E-state index in [4.69, 9.17) is 4.74 Å². The first-order valence-corrected chi connectivity index (χ1v) is 8.37. The average Bonchev–Trinajstić information content (AvgIpc) is 3.08. The van der Waals surface area contributed by atoms with Crippen molar-refractivity contribution >= 4 is 11.6 Å². The highest BCUT2D eigenvalue weighted by Gasteiger charge is 2.23. The quantitative estimate of drug-likeness (QED) is 0.847. The highest BCUT2D eigenvalue weighted by Crippen LogP contribution is 2.30. The molecule has 6 nitrogen and oxygen atoms in total. The van der Waals surface area contributed by atoms with E-state index < -0.39 is 0 Å². The normalized spacial score (nSPS) is 17.2. The molecule has 1 saturated heterocycles. The Morgan fingerprint density at radius 1 is 1.12 bits per heavy atom. The van der Waals surface area contributed by atoms with Gasteiger partial charge in [-0.25, -0.2) is 4.98 Å². The monoisotopic (exact) mass is 324 g/mol. The Hall–Kier alpha value is -2.63. The Morgan fingerprint density at radius 3 is 2.79 bits per heavy atom. The molecule has 24 heavy (non-hydrogen) atoms. The van der Waals surface area contributed by atoms with Crippen molar-refractivity contribution in [3.63, 3.8) is 0 Å². The van der Waals surface area contributed by atoms with E-state index in [9.17, 15) is 4.79 Å².